The number of H-pyrrole nitrogens is 1. The van der Waals surface area contributed by atoms with Crippen LogP contribution in [0.1, 0.15) is 26.4 Å². The van der Waals surface area contributed by atoms with Crippen LogP contribution in [0.15, 0.2) is 55.0 Å². The average molecular weight is 606 g/mol. The van der Waals surface area contributed by atoms with Crippen LogP contribution in [0.25, 0.3) is 16.7 Å². The number of aromatic amines is 1. The number of hydrogen-bond acceptors (Lipinski definition) is 9. The van der Waals surface area contributed by atoms with Gasteiger partial charge in [-0.25, -0.2) is 18.1 Å². The molecule has 0 unspecified atom stereocenters. The van der Waals surface area contributed by atoms with E-state index in [-0.39, 0.29) is 36.1 Å². The summed E-state index contributed by atoms with van der Waals surface area (Å²) in [6.45, 7) is 2.54. The molecule has 2 fully saturated rings. The van der Waals surface area contributed by atoms with Crippen molar-refractivity contribution in [2.75, 3.05) is 57.9 Å². The lowest BCUT2D eigenvalue weighted by Crippen LogP contribution is -2.52. The van der Waals surface area contributed by atoms with Gasteiger partial charge in [0.15, 0.2) is 15.7 Å². The van der Waals surface area contributed by atoms with Crippen LogP contribution in [0, 0.1) is 0 Å². The number of benzene rings is 1. The van der Waals surface area contributed by atoms with Crippen LogP contribution in [0.3, 0.4) is 0 Å². The van der Waals surface area contributed by atoms with Gasteiger partial charge in [0, 0.05) is 63.8 Å². The smallest absolute Gasteiger partial charge is 0.295 e. The van der Waals surface area contributed by atoms with Crippen LogP contribution in [-0.4, -0.2) is 118 Å². The number of carbonyl (C=O) groups excluding carboxylic acids is 3. The summed E-state index contributed by atoms with van der Waals surface area (Å²) in [5.41, 5.74) is 1.96. The number of methoxy groups -OCH3 is 1. The molecule has 6 rings (SSSR count). The zero-order valence-electron chi connectivity index (χ0n) is 23.6. The molecule has 2 amide bonds. The van der Waals surface area contributed by atoms with Crippen LogP contribution in [0.4, 0.5) is 0 Å². The van der Waals surface area contributed by atoms with E-state index in [9.17, 15) is 22.8 Å². The van der Waals surface area contributed by atoms with Crippen molar-refractivity contribution in [3.05, 3.63) is 71.8 Å². The zero-order chi connectivity index (χ0) is 30.1. The fourth-order valence-electron chi connectivity index (χ4n) is 5.45. The summed E-state index contributed by atoms with van der Waals surface area (Å²) >= 11 is 0. The largest absolute Gasteiger partial charge is 0.494 e. The predicted octanol–water partition coefficient (Wildman–Crippen LogP) is 1.15. The quantitative estimate of drug-likeness (QED) is 0.242. The number of nitrogens with zero attached hydrogens (tertiary/aromatic N) is 6. The van der Waals surface area contributed by atoms with Crippen LogP contribution in [0.2, 0.25) is 0 Å². The molecule has 224 valence electrons. The van der Waals surface area contributed by atoms with Crippen molar-refractivity contribution < 1.29 is 27.5 Å². The number of ether oxygens (including phenoxy) is 1. The summed E-state index contributed by atoms with van der Waals surface area (Å²) in [4.78, 5) is 52.4. The van der Waals surface area contributed by atoms with Gasteiger partial charge in [-0.05, 0) is 18.2 Å². The Morgan fingerprint density at radius 2 is 1.65 bits per heavy atom. The lowest BCUT2D eigenvalue weighted by Gasteiger charge is -2.34. The molecule has 43 heavy (non-hydrogen) atoms. The minimum Gasteiger partial charge on any atom is -0.494 e. The van der Waals surface area contributed by atoms with Crippen LogP contribution in [-0.2, 0) is 21.2 Å². The summed E-state index contributed by atoms with van der Waals surface area (Å²) in [5, 5.41) is 5.05. The number of Topliss-reactive ketones (excluding diaryl/α,β-unsaturated/α-hetero) is 1. The number of hydrogen-bond donors (Lipinski definition) is 1. The molecular weight excluding hydrogens is 574 g/mol. The number of nitrogens with one attached hydrogen (secondary N) is 1. The molecule has 0 bridgehead atoms. The van der Waals surface area contributed by atoms with Crippen molar-refractivity contribution in [3.63, 3.8) is 0 Å². The highest BCUT2D eigenvalue weighted by atomic mass is 32.2. The van der Waals surface area contributed by atoms with Gasteiger partial charge < -0.3 is 19.5 Å². The summed E-state index contributed by atoms with van der Waals surface area (Å²) < 4.78 is 30.6. The number of sulfone groups is 1. The number of rotatable bonds is 7. The average Bonchev–Trinajstić information content (AvgIpc) is 3.69. The molecule has 0 saturated carbocycles. The van der Waals surface area contributed by atoms with E-state index < -0.39 is 21.5 Å². The molecule has 13 nitrogen and oxygen atoms in total. The minimum absolute atomic E-state index is 0.105. The van der Waals surface area contributed by atoms with Gasteiger partial charge in [0.1, 0.15) is 5.75 Å². The van der Waals surface area contributed by atoms with Crippen molar-refractivity contribution in [1.82, 2.24) is 34.4 Å². The van der Waals surface area contributed by atoms with Crippen LogP contribution >= 0.6 is 0 Å². The van der Waals surface area contributed by atoms with Gasteiger partial charge in [0.05, 0.1) is 47.0 Å². The molecule has 2 saturated heterocycles. The van der Waals surface area contributed by atoms with E-state index in [2.05, 4.69) is 15.1 Å². The van der Waals surface area contributed by atoms with Crippen molar-refractivity contribution in [3.8, 4) is 11.6 Å². The normalized spacial score (nSPS) is 17.2. The second-order valence-electron chi connectivity index (χ2n) is 10.6. The topological polar surface area (TPSA) is 151 Å². The Labute approximate surface area is 247 Å². The third-order valence-electron chi connectivity index (χ3n) is 7.87. The van der Waals surface area contributed by atoms with E-state index in [1.165, 1.54) is 24.4 Å². The maximum absolute atomic E-state index is 13.5. The van der Waals surface area contributed by atoms with E-state index in [1.807, 2.05) is 17.0 Å². The first-order valence-corrected chi connectivity index (χ1v) is 15.8. The number of amides is 2. The maximum Gasteiger partial charge on any atom is 0.295 e. The number of pyridine rings is 1. The molecule has 0 radical (unpaired) electrons. The van der Waals surface area contributed by atoms with Crippen molar-refractivity contribution in [1.29, 1.82) is 0 Å². The first-order chi connectivity index (χ1) is 20.7. The monoisotopic (exact) mass is 605 g/mol. The lowest BCUT2D eigenvalue weighted by molar-refractivity contribution is -0.127. The number of aromatic nitrogens is 4. The van der Waals surface area contributed by atoms with Gasteiger partial charge in [0.2, 0.25) is 0 Å². The maximum atomic E-state index is 13.5. The molecule has 4 aromatic rings. The summed E-state index contributed by atoms with van der Waals surface area (Å²) in [5.74, 6) is -0.434. The highest BCUT2D eigenvalue weighted by Gasteiger charge is 2.31. The molecule has 2 aliphatic heterocycles. The van der Waals surface area contributed by atoms with Crippen molar-refractivity contribution >= 4 is 38.3 Å². The SMILES string of the molecule is COc1cnc(-n2ccc(CN3CCS(=O)(=O)CC3)n2)c2[nH]cc(C(=O)C(=O)N3CCN(C(=O)c4ccccc4)CC3)c12. The number of ketones is 1. The van der Waals surface area contributed by atoms with E-state index in [4.69, 9.17) is 4.74 Å². The molecule has 0 aliphatic carbocycles. The molecule has 3 aromatic heterocycles. The highest BCUT2D eigenvalue weighted by Crippen LogP contribution is 2.32. The Kier molecular flexibility index (Phi) is 7.71. The molecule has 0 spiro atoms. The Bertz CT molecular complexity index is 1780. The zero-order valence-corrected chi connectivity index (χ0v) is 24.4. The fraction of sp³-hybridized carbons (Fsp3) is 0.345. The standard InChI is InChI=1S/C29H31N7O6S/c1-42-23-18-31-27(36-8-7-21(32-36)19-33-13-15-43(40,41)16-14-33)25-24(23)22(17-30-25)26(37)29(39)35-11-9-34(10-12-35)28(38)20-5-3-2-4-6-20/h2-8,17-18,30H,9-16,19H2,1H3. The molecule has 2 aliphatic rings. The summed E-state index contributed by atoms with van der Waals surface area (Å²) in [7, 11) is -1.51. The Hall–Kier alpha value is -4.56. The van der Waals surface area contributed by atoms with Crippen LogP contribution < -0.4 is 4.74 Å². The summed E-state index contributed by atoms with van der Waals surface area (Å²) in [6, 6.07) is 10.8. The van der Waals surface area contributed by atoms with E-state index in [1.54, 1.807) is 40.0 Å². The second-order valence-corrected chi connectivity index (χ2v) is 12.9. The number of piperazine rings is 1. The van der Waals surface area contributed by atoms with E-state index >= 15 is 0 Å². The van der Waals surface area contributed by atoms with Crippen LogP contribution in [0.5, 0.6) is 5.75 Å². The van der Waals surface area contributed by atoms with E-state index in [0.29, 0.717) is 60.8 Å². The third-order valence-corrected chi connectivity index (χ3v) is 9.48. The van der Waals surface area contributed by atoms with Gasteiger partial charge in [-0.15, -0.1) is 0 Å². The number of carbonyl (C=O) groups is 3. The molecule has 14 heteroatoms. The Morgan fingerprint density at radius 1 is 0.953 bits per heavy atom. The van der Waals surface area contributed by atoms with Gasteiger partial charge in [-0.3, -0.25) is 19.3 Å². The Balaban J connectivity index is 1.18. The first-order valence-electron chi connectivity index (χ1n) is 13.9. The van der Waals surface area contributed by atoms with Gasteiger partial charge in [-0.1, -0.05) is 18.2 Å². The van der Waals surface area contributed by atoms with Gasteiger partial charge in [-0.2, -0.15) is 5.10 Å². The van der Waals surface area contributed by atoms with Gasteiger partial charge in [0.25, 0.3) is 17.6 Å². The fourth-order valence-corrected chi connectivity index (χ4v) is 6.73. The van der Waals surface area contributed by atoms with Crippen molar-refractivity contribution in [2.45, 2.75) is 6.54 Å². The molecule has 5 heterocycles. The Morgan fingerprint density at radius 3 is 2.35 bits per heavy atom. The highest BCUT2D eigenvalue weighted by molar-refractivity contribution is 7.91. The molecular formula is C29H31N7O6S. The number of fused-ring (bicyclic) bond motifs is 1. The molecule has 1 N–H and O–H groups in total. The van der Waals surface area contributed by atoms with Gasteiger partial charge >= 0.3 is 0 Å². The summed E-state index contributed by atoms with van der Waals surface area (Å²) in [6.07, 6.45) is 4.71. The first kappa shape index (κ1) is 28.6. The van der Waals surface area contributed by atoms with E-state index in [0.717, 1.165) is 5.69 Å². The molecule has 0 atom stereocenters. The lowest BCUT2D eigenvalue weighted by atomic mass is 10.1. The van der Waals surface area contributed by atoms with Crippen molar-refractivity contribution in [2.24, 2.45) is 0 Å². The predicted molar refractivity (Wildman–Crippen MR) is 157 cm³/mol. The minimum atomic E-state index is -2.97. The molecule has 1 aromatic carbocycles. The third kappa shape index (κ3) is 5.75. The second kappa shape index (κ2) is 11.6.